The van der Waals surface area contributed by atoms with E-state index in [1.165, 1.54) is 29.3 Å². The van der Waals surface area contributed by atoms with E-state index in [1.807, 2.05) is 42.5 Å². The van der Waals surface area contributed by atoms with Gasteiger partial charge < -0.3 is 10.0 Å². The molecule has 174 valence electrons. The molecule has 0 saturated carbocycles. The molecule has 7 heteroatoms. The highest BCUT2D eigenvalue weighted by molar-refractivity contribution is 7.97. The van der Waals surface area contributed by atoms with Crippen molar-refractivity contribution in [3.8, 4) is 11.1 Å². The molecule has 2 heterocycles. The lowest BCUT2D eigenvalue weighted by Crippen LogP contribution is -2.26. The van der Waals surface area contributed by atoms with Gasteiger partial charge in [0.25, 0.3) is 0 Å². The molecule has 0 fully saturated rings. The Balaban J connectivity index is 1.50. The molecule has 1 N–H and O–H groups in total. The number of halogens is 2. The van der Waals surface area contributed by atoms with Crippen LogP contribution in [0.4, 0.5) is 20.2 Å². The van der Waals surface area contributed by atoms with E-state index in [0.717, 1.165) is 28.9 Å². The molecule has 6 rings (SSSR count). The molecular formula is C28H20F2N2O2S. The van der Waals surface area contributed by atoms with Gasteiger partial charge in [0.15, 0.2) is 0 Å². The van der Waals surface area contributed by atoms with Crippen molar-refractivity contribution in [2.24, 2.45) is 0 Å². The molecular weight excluding hydrogens is 466 g/mol. The molecule has 0 amide bonds. The van der Waals surface area contributed by atoms with E-state index in [9.17, 15) is 14.3 Å². The van der Waals surface area contributed by atoms with Gasteiger partial charge in [-0.15, -0.1) is 0 Å². The molecule has 0 radical (unpaired) electrons. The topological polar surface area (TPSA) is 43.8 Å². The second-order valence-corrected chi connectivity index (χ2v) is 9.72. The molecule has 4 aromatic rings. The van der Waals surface area contributed by atoms with Crippen LogP contribution in [0, 0.1) is 11.6 Å². The van der Waals surface area contributed by atoms with E-state index >= 15 is 4.39 Å². The standard InChI is InChI=1S/C28H20F2N2O2S/c29-23-11-10-17(12-22(23)28(33)34)21-13-27-25(14-24(21)30)31(19-7-2-1-3-8-19)16-26-20-9-5-4-6-18(20)15-32(26)35-27/h1-14,26H,15-16H2,(H,33,34). The van der Waals surface area contributed by atoms with Crippen molar-refractivity contribution in [3.05, 3.63) is 113 Å². The Hall–Kier alpha value is -3.68. The fraction of sp³-hybridized carbons (Fsp3) is 0.107. The summed E-state index contributed by atoms with van der Waals surface area (Å²) in [6, 6.07) is 25.3. The Bertz CT molecular complexity index is 1460. The summed E-state index contributed by atoms with van der Waals surface area (Å²) in [5.74, 6) is -2.73. The van der Waals surface area contributed by atoms with Crippen LogP contribution in [0.25, 0.3) is 11.1 Å². The maximum absolute atomic E-state index is 15.6. The first-order valence-electron chi connectivity index (χ1n) is 11.2. The van der Waals surface area contributed by atoms with E-state index in [-0.39, 0.29) is 11.6 Å². The molecule has 0 aliphatic carbocycles. The van der Waals surface area contributed by atoms with Gasteiger partial charge in [-0.25, -0.2) is 17.9 Å². The number of hydrogen-bond acceptors (Lipinski definition) is 4. The Morgan fingerprint density at radius 2 is 1.69 bits per heavy atom. The van der Waals surface area contributed by atoms with Crippen molar-refractivity contribution >= 4 is 29.3 Å². The van der Waals surface area contributed by atoms with Gasteiger partial charge >= 0.3 is 5.97 Å². The maximum Gasteiger partial charge on any atom is 0.338 e. The number of fused-ring (bicyclic) bond motifs is 4. The molecule has 4 nitrogen and oxygen atoms in total. The van der Waals surface area contributed by atoms with E-state index in [2.05, 4.69) is 21.3 Å². The molecule has 2 aliphatic rings. The number of carboxylic acid groups (broad SMARTS) is 1. The minimum absolute atomic E-state index is 0.111. The molecule has 0 saturated heterocycles. The second-order valence-electron chi connectivity index (χ2n) is 8.63. The van der Waals surface area contributed by atoms with Crippen molar-refractivity contribution in [2.45, 2.75) is 17.5 Å². The Labute approximate surface area is 205 Å². The maximum atomic E-state index is 15.6. The number of carboxylic acids is 1. The van der Waals surface area contributed by atoms with Crippen LogP contribution in [0.3, 0.4) is 0 Å². The lowest BCUT2D eigenvalue weighted by molar-refractivity contribution is 0.0692. The minimum atomic E-state index is -1.39. The zero-order valence-corrected chi connectivity index (χ0v) is 19.3. The SMILES string of the molecule is O=C(O)c1cc(-c2cc3c(cc2F)N(c2ccccc2)CC2c4ccccc4CN2S3)ccc1F. The van der Waals surface area contributed by atoms with Crippen LogP contribution >= 0.6 is 11.9 Å². The zero-order valence-electron chi connectivity index (χ0n) is 18.5. The van der Waals surface area contributed by atoms with Crippen molar-refractivity contribution in [3.63, 3.8) is 0 Å². The second kappa shape index (κ2) is 8.52. The van der Waals surface area contributed by atoms with Crippen LogP contribution in [0.5, 0.6) is 0 Å². The highest BCUT2D eigenvalue weighted by Gasteiger charge is 2.37. The first-order valence-corrected chi connectivity index (χ1v) is 12.0. The van der Waals surface area contributed by atoms with Crippen molar-refractivity contribution in [1.29, 1.82) is 0 Å². The summed E-state index contributed by atoms with van der Waals surface area (Å²) in [7, 11) is 0. The van der Waals surface area contributed by atoms with Gasteiger partial charge in [-0.3, -0.25) is 0 Å². The number of rotatable bonds is 3. The highest BCUT2D eigenvalue weighted by atomic mass is 32.2. The number of benzene rings is 4. The van der Waals surface area contributed by atoms with Crippen LogP contribution in [0.2, 0.25) is 0 Å². The van der Waals surface area contributed by atoms with Crippen LogP contribution in [-0.2, 0) is 6.54 Å². The predicted molar refractivity (Wildman–Crippen MR) is 133 cm³/mol. The third kappa shape index (κ3) is 3.77. The average molecular weight is 487 g/mol. The first kappa shape index (κ1) is 21.8. The van der Waals surface area contributed by atoms with Gasteiger partial charge in [-0.1, -0.05) is 48.5 Å². The van der Waals surface area contributed by atoms with E-state index in [1.54, 1.807) is 18.0 Å². The molecule has 2 aliphatic heterocycles. The molecule has 1 unspecified atom stereocenters. The Morgan fingerprint density at radius 3 is 2.49 bits per heavy atom. The molecule has 35 heavy (non-hydrogen) atoms. The van der Waals surface area contributed by atoms with Gasteiger partial charge in [0.1, 0.15) is 11.6 Å². The van der Waals surface area contributed by atoms with Gasteiger partial charge in [0, 0.05) is 29.2 Å². The largest absolute Gasteiger partial charge is 0.478 e. The van der Waals surface area contributed by atoms with E-state index < -0.39 is 23.2 Å². The monoisotopic (exact) mass is 486 g/mol. The van der Waals surface area contributed by atoms with Crippen molar-refractivity contribution in [1.82, 2.24) is 4.31 Å². The summed E-state index contributed by atoms with van der Waals surface area (Å²) >= 11 is 1.57. The van der Waals surface area contributed by atoms with Crippen molar-refractivity contribution < 1.29 is 18.7 Å². The molecule has 0 spiro atoms. The third-order valence-corrected chi connectivity index (χ3v) is 7.72. The molecule has 0 bridgehead atoms. The smallest absolute Gasteiger partial charge is 0.338 e. The quantitative estimate of drug-likeness (QED) is 0.315. The Morgan fingerprint density at radius 1 is 0.914 bits per heavy atom. The molecule has 4 aromatic carbocycles. The average Bonchev–Trinajstić information content (AvgIpc) is 3.12. The van der Waals surface area contributed by atoms with E-state index in [0.29, 0.717) is 12.1 Å². The first-order chi connectivity index (χ1) is 17.0. The minimum Gasteiger partial charge on any atom is -0.478 e. The van der Waals surface area contributed by atoms with Crippen LogP contribution in [-0.4, -0.2) is 21.9 Å². The van der Waals surface area contributed by atoms with Crippen molar-refractivity contribution in [2.75, 3.05) is 11.4 Å². The highest BCUT2D eigenvalue weighted by Crippen LogP contribution is 2.50. The fourth-order valence-corrected chi connectivity index (χ4v) is 6.07. The van der Waals surface area contributed by atoms with E-state index in [4.69, 9.17) is 0 Å². The number of carbonyl (C=O) groups is 1. The number of aromatic carboxylic acids is 1. The number of hydrogen-bond donors (Lipinski definition) is 1. The third-order valence-electron chi connectivity index (χ3n) is 6.57. The summed E-state index contributed by atoms with van der Waals surface area (Å²) in [5, 5.41) is 9.33. The number of para-hydroxylation sites is 1. The van der Waals surface area contributed by atoms with Gasteiger partial charge in [0.05, 0.1) is 17.3 Å². The Kier molecular flexibility index (Phi) is 5.31. The lowest BCUT2D eigenvalue weighted by atomic mass is 10.0. The summed E-state index contributed by atoms with van der Waals surface area (Å²) < 4.78 is 31.9. The van der Waals surface area contributed by atoms with Gasteiger partial charge in [0.2, 0.25) is 0 Å². The summed E-state index contributed by atoms with van der Waals surface area (Å²) in [6.45, 7) is 1.42. The van der Waals surface area contributed by atoms with Crippen LogP contribution in [0.1, 0.15) is 27.5 Å². The lowest BCUT2D eigenvalue weighted by Gasteiger charge is -2.28. The van der Waals surface area contributed by atoms with Gasteiger partial charge in [-0.2, -0.15) is 0 Å². The van der Waals surface area contributed by atoms with Crippen LogP contribution in [0.15, 0.2) is 89.8 Å². The van der Waals surface area contributed by atoms with Gasteiger partial charge in [-0.05, 0) is 65.0 Å². The predicted octanol–water partition coefficient (Wildman–Crippen LogP) is 7.05. The molecule has 0 aromatic heterocycles. The fourth-order valence-electron chi connectivity index (χ4n) is 4.88. The molecule has 1 atom stereocenters. The summed E-state index contributed by atoms with van der Waals surface area (Å²) in [4.78, 5) is 14.4. The summed E-state index contributed by atoms with van der Waals surface area (Å²) in [6.07, 6.45) is 0. The number of anilines is 2. The summed E-state index contributed by atoms with van der Waals surface area (Å²) in [5.41, 5.74) is 4.32. The normalized spacial score (nSPS) is 16.9. The number of nitrogens with zero attached hydrogens (tertiary/aromatic N) is 2. The van der Waals surface area contributed by atoms with Crippen LogP contribution < -0.4 is 4.90 Å². The zero-order chi connectivity index (χ0) is 24.1.